The molecule has 0 aromatic heterocycles. The first-order chi connectivity index (χ1) is 14.1. The minimum absolute atomic E-state index is 0.0954. The van der Waals surface area contributed by atoms with E-state index < -0.39 is 5.82 Å². The van der Waals surface area contributed by atoms with Gasteiger partial charge in [0.05, 0.1) is 19.3 Å². The zero-order valence-electron chi connectivity index (χ0n) is 16.9. The van der Waals surface area contributed by atoms with Gasteiger partial charge in [0, 0.05) is 44.8 Å². The summed E-state index contributed by atoms with van der Waals surface area (Å²) in [5, 5.41) is 0. The molecule has 2 amide bonds. The number of ether oxygens (including phenoxy) is 1. The van der Waals surface area contributed by atoms with Crippen LogP contribution in [0.3, 0.4) is 0 Å². The number of hydrogen-bond donors (Lipinski definition) is 0. The van der Waals surface area contributed by atoms with E-state index in [1.165, 1.54) is 25.0 Å². The van der Waals surface area contributed by atoms with Crippen LogP contribution in [-0.4, -0.2) is 85.0 Å². The molecule has 2 saturated heterocycles. The third kappa shape index (κ3) is 4.61. The summed E-state index contributed by atoms with van der Waals surface area (Å²) in [5.74, 6) is 0.0916. The average Bonchev–Trinajstić information content (AvgIpc) is 3.29. The normalized spacial score (nSPS) is 22.7. The zero-order chi connectivity index (χ0) is 20.2. The number of piperazine rings is 1. The molecule has 3 aliphatic rings. The number of rotatable bonds is 4. The molecule has 3 fully saturated rings. The van der Waals surface area contributed by atoms with Gasteiger partial charge < -0.3 is 14.5 Å². The number of nitrogens with zero attached hydrogens (tertiary/aromatic N) is 3. The first kappa shape index (κ1) is 20.3. The van der Waals surface area contributed by atoms with Crippen LogP contribution in [0.1, 0.15) is 36.0 Å². The lowest BCUT2D eigenvalue weighted by Gasteiger charge is -2.43. The molecule has 4 rings (SSSR count). The van der Waals surface area contributed by atoms with Gasteiger partial charge in [-0.15, -0.1) is 0 Å². The lowest BCUT2D eigenvalue weighted by Crippen LogP contribution is -2.59. The molecule has 158 valence electrons. The Kier molecular flexibility index (Phi) is 6.45. The van der Waals surface area contributed by atoms with Gasteiger partial charge in [-0.1, -0.05) is 18.9 Å². The second kappa shape index (κ2) is 9.22. The predicted octanol–water partition coefficient (Wildman–Crippen LogP) is 2.00. The fourth-order valence-electron chi connectivity index (χ4n) is 4.91. The van der Waals surface area contributed by atoms with Crippen molar-refractivity contribution in [2.45, 2.75) is 31.7 Å². The molecule has 1 aromatic rings. The highest BCUT2D eigenvalue weighted by Crippen LogP contribution is 2.32. The van der Waals surface area contributed by atoms with Crippen LogP contribution in [0.15, 0.2) is 24.3 Å². The van der Waals surface area contributed by atoms with Crippen molar-refractivity contribution in [3.63, 3.8) is 0 Å². The Morgan fingerprint density at radius 2 is 1.66 bits per heavy atom. The molecular weight excluding hydrogens is 373 g/mol. The van der Waals surface area contributed by atoms with E-state index in [9.17, 15) is 14.0 Å². The standard InChI is InChI=1S/C22H30FN3O3/c23-19-7-3-6-18(16-19)21(27)25-10-8-24(9-11-25)20(17-4-1-2-5-17)22(28)26-12-14-29-15-13-26/h3,6-7,16-17,20H,1-2,4-5,8-15H2. The van der Waals surface area contributed by atoms with Crippen LogP contribution in [0.4, 0.5) is 4.39 Å². The molecule has 0 spiro atoms. The van der Waals surface area contributed by atoms with Crippen LogP contribution in [0.25, 0.3) is 0 Å². The molecule has 1 aromatic carbocycles. The van der Waals surface area contributed by atoms with E-state index >= 15 is 0 Å². The van der Waals surface area contributed by atoms with Crippen molar-refractivity contribution in [1.29, 1.82) is 0 Å². The average molecular weight is 403 g/mol. The van der Waals surface area contributed by atoms with E-state index in [0.29, 0.717) is 64.0 Å². The van der Waals surface area contributed by atoms with Crippen LogP contribution in [0.5, 0.6) is 0 Å². The van der Waals surface area contributed by atoms with Crippen molar-refractivity contribution in [2.75, 3.05) is 52.5 Å². The number of hydrogen-bond acceptors (Lipinski definition) is 4. The quantitative estimate of drug-likeness (QED) is 0.772. The van der Waals surface area contributed by atoms with Gasteiger partial charge in [-0.2, -0.15) is 0 Å². The Bertz CT molecular complexity index is 724. The van der Waals surface area contributed by atoms with Crippen molar-refractivity contribution >= 4 is 11.8 Å². The first-order valence-corrected chi connectivity index (χ1v) is 10.8. The summed E-state index contributed by atoms with van der Waals surface area (Å²) in [7, 11) is 0. The summed E-state index contributed by atoms with van der Waals surface area (Å²) >= 11 is 0. The molecule has 6 nitrogen and oxygen atoms in total. The molecule has 1 unspecified atom stereocenters. The number of carbonyl (C=O) groups excluding carboxylic acids is 2. The second-order valence-corrected chi connectivity index (χ2v) is 8.27. The van der Waals surface area contributed by atoms with E-state index in [2.05, 4.69) is 4.90 Å². The van der Waals surface area contributed by atoms with E-state index in [1.807, 2.05) is 4.90 Å². The largest absolute Gasteiger partial charge is 0.378 e. The van der Waals surface area contributed by atoms with Crippen LogP contribution in [0, 0.1) is 11.7 Å². The van der Waals surface area contributed by atoms with Gasteiger partial charge in [0.25, 0.3) is 5.91 Å². The van der Waals surface area contributed by atoms with Gasteiger partial charge in [-0.3, -0.25) is 14.5 Å². The Morgan fingerprint density at radius 1 is 0.966 bits per heavy atom. The van der Waals surface area contributed by atoms with Crippen molar-refractivity contribution in [1.82, 2.24) is 14.7 Å². The molecule has 1 saturated carbocycles. The zero-order valence-corrected chi connectivity index (χ0v) is 16.9. The number of carbonyl (C=O) groups is 2. The Hall–Kier alpha value is -1.99. The summed E-state index contributed by atoms with van der Waals surface area (Å²) in [5.41, 5.74) is 0.384. The number of amides is 2. The third-order valence-corrected chi connectivity index (χ3v) is 6.49. The molecule has 0 bridgehead atoms. The number of benzene rings is 1. The second-order valence-electron chi connectivity index (χ2n) is 8.27. The number of morpholine rings is 1. The van der Waals surface area contributed by atoms with Crippen molar-refractivity contribution in [3.05, 3.63) is 35.6 Å². The van der Waals surface area contributed by atoms with Crippen LogP contribution in [-0.2, 0) is 9.53 Å². The highest BCUT2D eigenvalue weighted by Gasteiger charge is 2.39. The molecule has 1 atom stereocenters. The lowest BCUT2D eigenvalue weighted by molar-refractivity contribution is -0.144. The monoisotopic (exact) mass is 403 g/mol. The Balaban J connectivity index is 1.42. The summed E-state index contributed by atoms with van der Waals surface area (Å²) in [4.78, 5) is 32.1. The molecule has 2 heterocycles. The summed E-state index contributed by atoms with van der Waals surface area (Å²) in [6.45, 7) is 5.04. The first-order valence-electron chi connectivity index (χ1n) is 10.8. The SMILES string of the molecule is O=C(c1cccc(F)c1)N1CCN(C(C(=O)N2CCOCC2)C2CCCC2)CC1. The molecule has 29 heavy (non-hydrogen) atoms. The smallest absolute Gasteiger partial charge is 0.254 e. The van der Waals surface area contributed by atoms with Crippen molar-refractivity contribution in [2.24, 2.45) is 5.92 Å². The van der Waals surface area contributed by atoms with Gasteiger partial charge in [0.2, 0.25) is 5.91 Å². The molecule has 0 radical (unpaired) electrons. The summed E-state index contributed by atoms with van der Waals surface area (Å²) in [6, 6.07) is 5.76. The highest BCUT2D eigenvalue weighted by atomic mass is 19.1. The third-order valence-electron chi connectivity index (χ3n) is 6.49. The maximum absolute atomic E-state index is 13.5. The maximum atomic E-state index is 13.5. The summed E-state index contributed by atoms with van der Waals surface area (Å²) < 4.78 is 18.9. The molecule has 2 aliphatic heterocycles. The minimum Gasteiger partial charge on any atom is -0.378 e. The van der Waals surface area contributed by atoms with Gasteiger partial charge >= 0.3 is 0 Å². The lowest BCUT2D eigenvalue weighted by atomic mass is 9.94. The molecule has 1 aliphatic carbocycles. The van der Waals surface area contributed by atoms with Crippen molar-refractivity contribution in [3.8, 4) is 0 Å². The maximum Gasteiger partial charge on any atom is 0.254 e. The van der Waals surface area contributed by atoms with E-state index in [0.717, 1.165) is 12.8 Å². The highest BCUT2D eigenvalue weighted by molar-refractivity contribution is 5.94. The minimum atomic E-state index is -0.396. The van der Waals surface area contributed by atoms with Gasteiger partial charge in [0.15, 0.2) is 0 Å². The van der Waals surface area contributed by atoms with Crippen LogP contribution < -0.4 is 0 Å². The number of halogens is 1. The van der Waals surface area contributed by atoms with Crippen LogP contribution in [0.2, 0.25) is 0 Å². The van der Waals surface area contributed by atoms with Gasteiger partial charge in [-0.25, -0.2) is 4.39 Å². The Morgan fingerprint density at radius 3 is 2.31 bits per heavy atom. The van der Waals surface area contributed by atoms with Crippen molar-refractivity contribution < 1.29 is 18.7 Å². The fourth-order valence-corrected chi connectivity index (χ4v) is 4.91. The van der Waals surface area contributed by atoms with E-state index in [1.54, 1.807) is 17.0 Å². The molecule has 0 N–H and O–H groups in total. The van der Waals surface area contributed by atoms with Gasteiger partial charge in [0.1, 0.15) is 5.82 Å². The van der Waals surface area contributed by atoms with Crippen LogP contribution >= 0.6 is 0 Å². The molecular formula is C22H30FN3O3. The predicted molar refractivity (Wildman–Crippen MR) is 107 cm³/mol. The van der Waals surface area contributed by atoms with Gasteiger partial charge in [-0.05, 0) is 37.0 Å². The summed E-state index contributed by atoms with van der Waals surface area (Å²) in [6.07, 6.45) is 4.58. The topological polar surface area (TPSA) is 53.1 Å². The Labute approximate surface area is 171 Å². The molecule has 7 heteroatoms. The van der Waals surface area contributed by atoms with E-state index in [-0.39, 0.29) is 17.9 Å². The fraction of sp³-hybridized carbons (Fsp3) is 0.636. The van der Waals surface area contributed by atoms with E-state index in [4.69, 9.17) is 4.74 Å².